The van der Waals surface area contributed by atoms with Crippen molar-refractivity contribution in [3.05, 3.63) is 17.5 Å². The van der Waals surface area contributed by atoms with Gasteiger partial charge in [0.05, 0.1) is 18.5 Å². The molecule has 1 fully saturated rings. The molecule has 0 bridgehead atoms. The molecule has 0 aliphatic heterocycles. The summed E-state index contributed by atoms with van der Waals surface area (Å²) in [7, 11) is 0. The molecule has 0 N–H and O–H groups in total. The molecule has 0 unspecified atom stereocenters. The van der Waals surface area contributed by atoms with Crippen molar-refractivity contribution in [1.29, 1.82) is 0 Å². The topological polar surface area (TPSA) is 44.1 Å². The first kappa shape index (κ1) is 10.2. The van der Waals surface area contributed by atoms with Gasteiger partial charge in [-0.05, 0) is 26.7 Å². The van der Waals surface area contributed by atoms with Gasteiger partial charge in [-0.3, -0.25) is 4.68 Å². The fraction of sp³-hybridized carbons (Fsp3) is 0.636. The smallest absolute Gasteiger partial charge is 0.341 e. The van der Waals surface area contributed by atoms with Gasteiger partial charge in [-0.2, -0.15) is 5.10 Å². The highest BCUT2D eigenvalue weighted by atomic mass is 16.5. The van der Waals surface area contributed by atoms with Gasteiger partial charge >= 0.3 is 5.97 Å². The molecular formula is C11H16N2O2. The molecule has 2 rings (SSSR count). The third-order valence-corrected chi connectivity index (χ3v) is 2.64. The Bertz CT molecular complexity index is 367. The second kappa shape index (κ2) is 4.04. The second-order valence-electron chi connectivity index (χ2n) is 3.75. The van der Waals surface area contributed by atoms with Crippen LogP contribution >= 0.6 is 0 Å². The Balaban J connectivity index is 2.29. The lowest BCUT2D eigenvalue weighted by Crippen LogP contribution is -2.09. The van der Waals surface area contributed by atoms with E-state index in [1.807, 2.05) is 18.5 Å². The standard InChI is InChI=1S/C11H16N2O2/c1-3-13-10(8-5-6-8)9(7-12-13)11(14)15-4-2/h7-8H,3-6H2,1-2H3. The molecule has 1 aliphatic carbocycles. The highest BCUT2D eigenvalue weighted by molar-refractivity contribution is 5.90. The monoisotopic (exact) mass is 208 g/mol. The molecule has 1 aromatic heterocycles. The van der Waals surface area contributed by atoms with E-state index in [2.05, 4.69) is 5.10 Å². The first-order chi connectivity index (χ1) is 7.27. The molecule has 4 nitrogen and oxygen atoms in total. The van der Waals surface area contributed by atoms with Crippen LogP contribution < -0.4 is 0 Å². The van der Waals surface area contributed by atoms with Gasteiger partial charge in [0.2, 0.25) is 0 Å². The predicted octanol–water partition coefficient (Wildman–Crippen LogP) is 1.96. The normalized spacial score (nSPS) is 15.3. The van der Waals surface area contributed by atoms with E-state index >= 15 is 0 Å². The maximum absolute atomic E-state index is 11.7. The van der Waals surface area contributed by atoms with Gasteiger partial charge in [-0.1, -0.05) is 0 Å². The number of carbonyl (C=O) groups is 1. The number of rotatable bonds is 4. The van der Waals surface area contributed by atoms with E-state index in [0.29, 0.717) is 18.1 Å². The molecule has 1 aromatic rings. The Morgan fingerprint density at radius 2 is 2.33 bits per heavy atom. The number of nitrogens with zero attached hydrogens (tertiary/aromatic N) is 2. The number of ether oxygens (including phenoxy) is 1. The van der Waals surface area contributed by atoms with Gasteiger partial charge in [-0.15, -0.1) is 0 Å². The van der Waals surface area contributed by atoms with Crippen LogP contribution in [0.2, 0.25) is 0 Å². The number of hydrogen-bond donors (Lipinski definition) is 0. The van der Waals surface area contributed by atoms with E-state index < -0.39 is 0 Å². The summed E-state index contributed by atoms with van der Waals surface area (Å²) in [4.78, 5) is 11.7. The molecule has 0 atom stereocenters. The van der Waals surface area contributed by atoms with E-state index in [4.69, 9.17) is 4.74 Å². The highest BCUT2D eigenvalue weighted by Crippen LogP contribution is 2.41. The third-order valence-electron chi connectivity index (χ3n) is 2.64. The Morgan fingerprint density at radius 1 is 1.60 bits per heavy atom. The zero-order valence-corrected chi connectivity index (χ0v) is 9.19. The molecular weight excluding hydrogens is 192 g/mol. The Hall–Kier alpha value is -1.32. The fourth-order valence-electron chi connectivity index (χ4n) is 1.80. The molecule has 1 heterocycles. The van der Waals surface area contributed by atoms with E-state index in [-0.39, 0.29) is 5.97 Å². The van der Waals surface area contributed by atoms with Crippen molar-refractivity contribution in [2.45, 2.75) is 39.2 Å². The summed E-state index contributed by atoms with van der Waals surface area (Å²) in [5.41, 5.74) is 1.72. The van der Waals surface area contributed by atoms with Crippen molar-refractivity contribution in [2.24, 2.45) is 0 Å². The molecule has 0 aromatic carbocycles. The molecule has 0 amide bonds. The maximum atomic E-state index is 11.7. The van der Waals surface area contributed by atoms with E-state index in [9.17, 15) is 4.79 Å². The summed E-state index contributed by atoms with van der Waals surface area (Å²) in [5.74, 6) is 0.283. The average molecular weight is 208 g/mol. The van der Waals surface area contributed by atoms with Gasteiger partial charge in [-0.25, -0.2) is 4.79 Å². The zero-order valence-electron chi connectivity index (χ0n) is 9.19. The average Bonchev–Trinajstić information content (AvgIpc) is 2.97. The van der Waals surface area contributed by atoms with Gasteiger partial charge in [0, 0.05) is 12.5 Å². The predicted molar refractivity (Wildman–Crippen MR) is 55.8 cm³/mol. The van der Waals surface area contributed by atoms with Crippen LogP contribution in [-0.2, 0) is 11.3 Å². The van der Waals surface area contributed by atoms with Crippen LogP contribution in [0.4, 0.5) is 0 Å². The lowest BCUT2D eigenvalue weighted by molar-refractivity contribution is 0.0525. The Kier molecular flexibility index (Phi) is 2.75. The van der Waals surface area contributed by atoms with Crippen LogP contribution in [0.3, 0.4) is 0 Å². The molecule has 1 saturated carbocycles. The zero-order chi connectivity index (χ0) is 10.8. The van der Waals surface area contributed by atoms with Crippen LogP contribution in [0.15, 0.2) is 6.20 Å². The number of aromatic nitrogens is 2. The van der Waals surface area contributed by atoms with Gasteiger partial charge < -0.3 is 4.74 Å². The van der Waals surface area contributed by atoms with Gasteiger partial charge in [0.15, 0.2) is 0 Å². The molecule has 4 heteroatoms. The Morgan fingerprint density at radius 3 is 2.87 bits per heavy atom. The molecule has 82 valence electrons. The van der Waals surface area contributed by atoms with Crippen molar-refractivity contribution < 1.29 is 9.53 Å². The third kappa shape index (κ3) is 1.89. The maximum Gasteiger partial charge on any atom is 0.341 e. The highest BCUT2D eigenvalue weighted by Gasteiger charge is 2.32. The molecule has 15 heavy (non-hydrogen) atoms. The Labute approximate surface area is 89.2 Å². The van der Waals surface area contributed by atoms with Crippen molar-refractivity contribution in [3.63, 3.8) is 0 Å². The van der Waals surface area contributed by atoms with E-state index in [1.165, 1.54) is 0 Å². The molecule has 0 spiro atoms. The lowest BCUT2D eigenvalue weighted by Gasteiger charge is -2.05. The summed E-state index contributed by atoms with van der Waals surface area (Å²) >= 11 is 0. The van der Waals surface area contributed by atoms with Crippen LogP contribution in [-0.4, -0.2) is 22.4 Å². The summed E-state index contributed by atoms with van der Waals surface area (Å²) in [6.45, 7) is 5.08. The summed E-state index contributed by atoms with van der Waals surface area (Å²) in [5, 5.41) is 4.22. The number of carbonyl (C=O) groups excluding carboxylic acids is 1. The van der Waals surface area contributed by atoms with Crippen LogP contribution in [0.5, 0.6) is 0 Å². The van der Waals surface area contributed by atoms with E-state index in [1.54, 1.807) is 6.20 Å². The minimum Gasteiger partial charge on any atom is -0.462 e. The minimum atomic E-state index is -0.237. The van der Waals surface area contributed by atoms with Gasteiger partial charge in [0.1, 0.15) is 5.56 Å². The lowest BCUT2D eigenvalue weighted by atomic mass is 10.2. The van der Waals surface area contributed by atoms with Crippen LogP contribution in [0, 0.1) is 0 Å². The number of hydrogen-bond acceptors (Lipinski definition) is 3. The second-order valence-corrected chi connectivity index (χ2v) is 3.75. The summed E-state index contributed by atoms with van der Waals surface area (Å²) in [6.07, 6.45) is 3.96. The summed E-state index contributed by atoms with van der Waals surface area (Å²) in [6, 6.07) is 0. The number of esters is 1. The molecule has 0 radical (unpaired) electrons. The number of aryl methyl sites for hydroxylation is 1. The molecule has 0 saturated heterocycles. The quantitative estimate of drug-likeness (QED) is 0.710. The SMILES string of the molecule is CCOC(=O)c1cnn(CC)c1C1CC1. The van der Waals surface area contributed by atoms with Crippen molar-refractivity contribution in [1.82, 2.24) is 9.78 Å². The fourth-order valence-corrected chi connectivity index (χ4v) is 1.80. The van der Waals surface area contributed by atoms with Crippen LogP contribution in [0.1, 0.15) is 48.7 Å². The van der Waals surface area contributed by atoms with Crippen molar-refractivity contribution in [3.8, 4) is 0 Å². The molecule has 1 aliphatic rings. The van der Waals surface area contributed by atoms with Crippen molar-refractivity contribution in [2.75, 3.05) is 6.61 Å². The van der Waals surface area contributed by atoms with Crippen molar-refractivity contribution >= 4 is 5.97 Å². The van der Waals surface area contributed by atoms with E-state index in [0.717, 1.165) is 25.1 Å². The van der Waals surface area contributed by atoms with Gasteiger partial charge in [0.25, 0.3) is 0 Å². The minimum absolute atomic E-state index is 0.237. The van der Waals surface area contributed by atoms with Crippen LogP contribution in [0.25, 0.3) is 0 Å². The first-order valence-electron chi connectivity index (χ1n) is 5.50. The largest absolute Gasteiger partial charge is 0.462 e. The first-order valence-corrected chi connectivity index (χ1v) is 5.50. The summed E-state index contributed by atoms with van der Waals surface area (Å²) < 4.78 is 6.92.